The second-order valence-electron chi connectivity index (χ2n) is 5.60. The standard InChI is InChI=1S/C15H27N5.HI/c1-4-16-15(19-14-11-12(14)2)18-7-5-6-9-20-10-8-17-13(20)3;/h8,10,12,14H,4-7,9,11H2,1-3H3,(H2,16,18,19);1H. The maximum atomic E-state index is 4.64. The van der Waals surface area contributed by atoms with E-state index in [9.17, 15) is 0 Å². The molecule has 120 valence electrons. The van der Waals surface area contributed by atoms with E-state index >= 15 is 0 Å². The molecule has 1 fully saturated rings. The first-order valence-corrected chi connectivity index (χ1v) is 7.73. The smallest absolute Gasteiger partial charge is 0.191 e. The fourth-order valence-corrected chi connectivity index (χ4v) is 2.24. The lowest BCUT2D eigenvalue weighted by Gasteiger charge is -2.10. The van der Waals surface area contributed by atoms with Crippen molar-refractivity contribution in [2.75, 3.05) is 13.1 Å². The van der Waals surface area contributed by atoms with Gasteiger partial charge in [-0.1, -0.05) is 6.92 Å². The highest BCUT2D eigenvalue weighted by molar-refractivity contribution is 14.0. The average Bonchev–Trinajstić information content (AvgIpc) is 2.95. The molecule has 1 saturated carbocycles. The van der Waals surface area contributed by atoms with Crippen molar-refractivity contribution in [3.05, 3.63) is 18.2 Å². The Bertz CT molecular complexity index is 443. The number of hydrogen-bond acceptors (Lipinski definition) is 2. The number of rotatable bonds is 7. The van der Waals surface area contributed by atoms with Crippen LogP contribution in [0.5, 0.6) is 0 Å². The summed E-state index contributed by atoms with van der Waals surface area (Å²) < 4.78 is 2.19. The third kappa shape index (κ3) is 6.23. The first-order chi connectivity index (χ1) is 9.70. The molecule has 1 aliphatic rings. The van der Waals surface area contributed by atoms with E-state index in [1.165, 1.54) is 6.42 Å². The topological polar surface area (TPSA) is 54.2 Å². The van der Waals surface area contributed by atoms with E-state index in [4.69, 9.17) is 0 Å². The van der Waals surface area contributed by atoms with Gasteiger partial charge in [0.2, 0.25) is 0 Å². The van der Waals surface area contributed by atoms with Gasteiger partial charge in [-0.25, -0.2) is 4.98 Å². The summed E-state index contributed by atoms with van der Waals surface area (Å²) >= 11 is 0. The molecular weight excluding hydrogens is 377 g/mol. The molecule has 1 aromatic rings. The van der Waals surface area contributed by atoms with Crippen LogP contribution in [0.2, 0.25) is 0 Å². The molecule has 1 aliphatic carbocycles. The first kappa shape index (κ1) is 18.3. The third-order valence-corrected chi connectivity index (χ3v) is 3.78. The fraction of sp³-hybridized carbons (Fsp3) is 0.733. The Morgan fingerprint density at radius 1 is 1.48 bits per heavy atom. The Kier molecular flexibility index (Phi) is 8.06. The van der Waals surface area contributed by atoms with E-state index in [-0.39, 0.29) is 24.0 Å². The van der Waals surface area contributed by atoms with Crippen LogP contribution in [0.4, 0.5) is 0 Å². The van der Waals surface area contributed by atoms with Gasteiger partial charge in [0.05, 0.1) is 0 Å². The minimum absolute atomic E-state index is 0. The molecule has 0 bridgehead atoms. The van der Waals surface area contributed by atoms with E-state index in [0.717, 1.165) is 50.2 Å². The highest BCUT2D eigenvalue weighted by Gasteiger charge is 2.33. The SMILES string of the molecule is CCNC(=NCCCCn1ccnc1C)NC1CC1C.I. The van der Waals surface area contributed by atoms with E-state index in [0.29, 0.717) is 6.04 Å². The maximum absolute atomic E-state index is 4.64. The second kappa shape index (κ2) is 9.27. The minimum Gasteiger partial charge on any atom is -0.357 e. The molecule has 0 aliphatic heterocycles. The number of guanidine groups is 1. The lowest BCUT2D eigenvalue weighted by atomic mass is 10.3. The number of hydrogen-bond donors (Lipinski definition) is 2. The average molecular weight is 405 g/mol. The van der Waals surface area contributed by atoms with Crippen LogP contribution in [0.15, 0.2) is 17.4 Å². The first-order valence-electron chi connectivity index (χ1n) is 7.73. The number of aryl methyl sites for hydroxylation is 2. The van der Waals surface area contributed by atoms with Crippen molar-refractivity contribution in [1.29, 1.82) is 0 Å². The number of imidazole rings is 1. The molecule has 0 saturated heterocycles. The molecule has 2 N–H and O–H groups in total. The van der Waals surface area contributed by atoms with Crippen LogP contribution in [0.25, 0.3) is 0 Å². The van der Waals surface area contributed by atoms with E-state index in [2.05, 4.69) is 39.0 Å². The second-order valence-corrected chi connectivity index (χ2v) is 5.60. The summed E-state index contributed by atoms with van der Waals surface area (Å²) in [7, 11) is 0. The molecule has 1 heterocycles. The summed E-state index contributed by atoms with van der Waals surface area (Å²) in [5.41, 5.74) is 0. The summed E-state index contributed by atoms with van der Waals surface area (Å²) in [4.78, 5) is 8.87. The number of unbranched alkanes of at least 4 members (excludes halogenated alkanes) is 1. The zero-order valence-electron chi connectivity index (χ0n) is 13.3. The molecule has 2 atom stereocenters. The van der Waals surface area contributed by atoms with E-state index in [1.54, 1.807) is 0 Å². The maximum Gasteiger partial charge on any atom is 0.191 e. The van der Waals surface area contributed by atoms with Crippen molar-refractivity contribution in [2.24, 2.45) is 10.9 Å². The van der Waals surface area contributed by atoms with Gasteiger partial charge in [-0.05, 0) is 39.0 Å². The van der Waals surface area contributed by atoms with Crippen molar-refractivity contribution < 1.29 is 0 Å². The van der Waals surface area contributed by atoms with Crippen LogP contribution in [0.3, 0.4) is 0 Å². The monoisotopic (exact) mass is 405 g/mol. The van der Waals surface area contributed by atoms with Gasteiger partial charge >= 0.3 is 0 Å². The van der Waals surface area contributed by atoms with Gasteiger partial charge in [-0.15, -0.1) is 24.0 Å². The summed E-state index contributed by atoms with van der Waals surface area (Å²) in [6, 6.07) is 0.626. The third-order valence-electron chi connectivity index (χ3n) is 3.78. The quantitative estimate of drug-likeness (QED) is 0.317. The number of aliphatic imine (C=N–C) groups is 1. The predicted molar refractivity (Wildman–Crippen MR) is 98.3 cm³/mol. The number of halogens is 1. The largest absolute Gasteiger partial charge is 0.357 e. The van der Waals surface area contributed by atoms with Crippen LogP contribution in [0.1, 0.15) is 38.9 Å². The van der Waals surface area contributed by atoms with Gasteiger partial charge in [-0.2, -0.15) is 0 Å². The van der Waals surface area contributed by atoms with Crippen LogP contribution in [-0.4, -0.2) is 34.6 Å². The van der Waals surface area contributed by atoms with Gasteiger partial charge in [0.25, 0.3) is 0 Å². The molecule has 0 radical (unpaired) electrons. The van der Waals surface area contributed by atoms with Crippen LogP contribution in [-0.2, 0) is 6.54 Å². The van der Waals surface area contributed by atoms with Crippen LogP contribution < -0.4 is 10.6 Å². The van der Waals surface area contributed by atoms with Gasteiger partial charge in [0.15, 0.2) is 5.96 Å². The molecule has 0 aromatic carbocycles. The summed E-state index contributed by atoms with van der Waals surface area (Å²) in [5, 5.41) is 6.79. The molecule has 21 heavy (non-hydrogen) atoms. The highest BCUT2D eigenvalue weighted by Crippen LogP contribution is 2.28. The number of aromatic nitrogens is 2. The zero-order valence-corrected chi connectivity index (χ0v) is 15.6. The normalized spacial score (nSPS) is 20.8. The van der Waals surface area contributed by atoms with Gasteiger partial charge in [-0.3, -0.25) is 4.99 Å². The molecule has 0 spiro atoms. The number of nitrogens with zero attached hydrogens (tertiary/aromatic N) is 3. The van der Waals surface area contributed by atoms with Crippen LogP contribution >= 0.6 is 24.0 Å². The molecule has 2 unspecified atom stereocenters. The van der Waals surface area contributed by atoms with Crippen molar-refractivity contribution in [2.45, 2.75) is 52.6 Å². The van der Waals surface area contributed by atoms with Crippen molar-refractivity contribution in [3.63, 3.8) is 0 Å². The van der Waals surface area contributed by atoms with Gasteiger partial charge in [0.1, 0.15) is 5.82 Å². The lowest BCUT2D eigenvalue weighted by molar-refractivity contribution is 0.600. The molecule has 0 amide bonds. The van der Waals surface area contributed by atoms with Crippen molar-refractivity contribution in [1.82, 2.24) is 20.2 Å². The lowest BCUT2D eigenvalue weighted by Crippen LogP contribution is -2.39. The molecule has 1 aromatic heterocycles. The van der Waals surface area contributed by atoms with E-state index in [1.807, 2.05) is 19.3 Å². The Balaban J connectivity index is 0.00000220. The highest BCUT2D eigenvalue weighted by atomic mass is 127. The van der Waals surface area contributed by atoms with E-state index < -0.39 is 0 Å². The molecule has 5 nitrogen and oxygen atoms in total. The molecular formula is C15H28IN5. The van der Waals surface area contributed by atoms with Crippen molar-refractivity contribution >= 4 is 29.9 Å². The zero-order chi connectivity index (χ0) is 14.4. The Morgan fingerprint density at radius 3 is 2.81 bits per heavy atom. The minimum atomic E-state index is 0. The summed E-state index contributed by atoms with van der Waals surface area (Å²) in [6.07, 6.45) is 7.41. The molecule has 2 rings (SSSR count). The van der Waals surface area contributed by atoms with Gasteiger partial charge in [0, 0.05) is 38.1 Å². The van der Waals surface area contributed by atoms with Crippen LogP contribution in [0, 0.1) is 12.8 Å². The van der Waals surface area contributed by atoms with Crippen molar-refractivity contribution in [3.8, 4) is 0 Å². The Hall–Kier alpha value is -0.790. The molecule has 6 heteroatoms. The fourth-order valence-electron chi connectivity index (χ4n) is 2.24. The number of nitrogens with one attached hydrogen (secondary N) is 2. The van der Waals surface area contributed by atoms with Gasteiger partial charge < -0.3 is 15.2 Å². The summed E-state index contributed by atoms with van der Waals surface area (Å²) in [6.45, 7) is 9.25. The predicted octanol–water partition coefficient (Wildman–Crippen LogP) is 2.55. The Morgan fingerprint density at radius 2 is 2.24 bits per heavy atom. The summed E-state index contributed by atoms with van der Waals surface area (Å²) in [5.74, 6) is 2.86. The Labute approximate surface area is 145 Å².